The molecule has 1 aromatic carbocycles. The molecule has 7 nitrogen and oxygen atoms in total. The molecule has 0 amide bonds. The molecule has 13 heteroatoms. The molecule has 4 aromatic rings. The number of halogens is 5. The highest BCUT2D eigenvalue weighted by Gasteiger charge is 2.39. The first-order valence-electron chi connectivity index (χ1n) is 10.1. The van der Waals surface area contributed by atoms with Gasteiger partial charge in [0.2, 0.25) is 10.0 Å². The highest BCUT2D eigenvalue weighted by atomic mass is 32.2. The van der Waals surface area contributed by atoms with E-state index in [9.17, 15) is 30.4 Å². The number of benzene rings is 1. The van der Waals surface area contributed by atoms with Crippen molar-refractivity contribution in [3.8, 4) is 17.1 Å². The lowest BCUT2D eigenvalue weighted by Gasteiger charge is -2.17. The lowest BCUT2D eigenvalue weighted by atomic mass is 10.2. The van der Waals surface area contributed by atoms with Gasteiger partial charge in [-0.2, -0.15) is 17.9 Å². The van der Waals surface area contributed by atoms with Crippen molar-refractivity contribution in [1.29, 1.82) is 0 Å². The molecule has 4 rings (SSSR count). The topological polar surface area (TPSA) is 103 Å². The lowest BCUT2D eigenvalue weighted by molar-refractivity contribution is -0.147. The number of sulfonamides is 1. The maximum absolute atomic E-state index is 14.0. The van der Waals surface area contributed by atoms with Gasteiger partial charge in [0, 0.05) is 23.8 Å². The average Bonchev–Trinajstić information content (AvgIpc) is 3.06. The minimum atomic E-state index is -4.77. The lowest BCUT2D eigenvalue weighted by Crippen LogP contribution is -2.42. The number of rotatable bonds is 5. The molecule has 0 bridgehead atoms. The van der Waals surface area contributed by atoms with Crippen molar-refractivity contribution in [2.45, 2.75) is 31.0 Å². The minimum absolute atomic E-state index is 0.130. The monoisotopic (exact) mass is 511 g/mol. The third-order valence-corrected chi connectivity index (χ3v) is 6.78. The number of alkyl halides is 3. The second kappa shape index (κ2) is 8.57. The molecule has 3 N–H and O–H groups in total. The van der Waals surface area contributed by atoms with E-state index in [0.29, 0.717) is 18.0 Å². The number of nitrogens with two attached hydrogens (primary N) is 1. The van der Waals surface area contributed by atoms with E-state index in [1.807, 2.05) is 0 Å². The summed E-state index contributed by atoms with van der Waals surface area (Å²) in [6.07, 6.45) is -2.34. The fraction of sp³-hybridized carbons (Fsp3) is 0.182. The van der Waals surface area contributed by atoms with Gasteiger partial charge in [-0.3, -0.25) is 9.55 Å². The Hall–Kier alpha value is -3.58. The average molecular weight is 511 g/mol. The van der Waals surface area contributed by atoms with Gasteiger partial charge < -0.3 is 5.73 Å². The van der Waals surface area contributed by atoms with Crippen molar-refractivity contribution in [3.05, 3.63) is 66.0 Å². The van der Waals surface area contributed by atoms with Crippen molar-refractivity contribution in [1.82, 2.24) is 19.3 Å². The molecule has 1 atom stereocenters. The van der Waals surface area contributed by atoms with Crippen LogP contribution in [0, 0.1) is 18.6 Å². The highest BCUT2D eigenvalue weighted by molar-refractivity contribution is 7.89. The summed E-state index contributed by atoms with van der Waals surface area (Å²) in [6.45, 7) is 2.46. The molecule has 0 spiro atoms. The summed E-state index contributed by atoms with van der Waals surface area (Å²) in [7, 11) is -4.53. The SMILES string of the molecule is Cc1cnc2c(c1)c(N)c(-c1ccc(S(=O)(=O)N[C@@H](C)C(F)(F)F)cn1)n2-c1ccc(F)c(F)c1. The van der Waals surface area contributed by atoms with Gasteiger partial charge in [-0.25, -0.2) is 22.2 Å². The Morgan fingerprint density at radius 1 is 1.03 bits per heavy atom. The predicted octanol–water partition coefficient (Wildman–Crippen LogP) is 4.49. The van der Waals surface area contributed by atoms with Crippen LogP contribution in [0.15, 0.2) is 53.7 Å². The van der Waals surface area contributed by atoms with Gasteiger partial charge in [0.15, 0.2) is 11.6 Å². The van der Waals surface area contributed by atoms with Crippen LogP contribution in [0.25, 0.3) is 28.1 Å². The Balaban J connectivity index is 1.86. The number of anilines is 1. The van der Waals surface area contributed by atoms with Crippen molar-refractivity contribution < 1.29 is 30.4 Å². The molecule has 3 heterocycles. The molecule has 184 valence electrons. The molecule has 0 saturated heterocycles. The van der Waals surface area contributed by atoms with Crippen LogP contribution in [-0.4, -0.2) is 35.2 Å². The van der Waals surface area contributed by atoms with E-state index in [4.69, 9.17) is 5.73 Å². The van der Waals surface area contributed by atoms with Crippen LogP contribution in [0.5, 0.6) is 0 Å². The first-order valence-corrected chi connectivity index (χ1v) is 11.6. The first-order chi connectivity index (χ1) is 16.3. The third kappa shape index (κ3) is 4.56. The molecule has 0 aliphatic heterocycles. The van der Waals surface area contributed by atoms with E-state index in [-0.39, 0.29) is 22.8 Å². The summed E-state index contributed by atoms with van der Waals surface area (Å²) >= 11 is 0. The summed E-state index contributed by atoms with van der Waals surface area (Å²) in [5, 5.41) is 0.490. The van der Waals surface area contributed by atoms with E-state index in [1.54, 1.807) is 23.9 Å². The van der Waals surface area contributed by atoms with Gasteiger partial charge in [0.05, 0.1) is 22.8 Å². The Labute approximate surface area is 196 Å². The fourth-order valence-corrected chi connectivity index (χ4v) is 4.64. The van der Waals surface area contributed by atoms with Gasteiger partial charge in [-0.1, -0.05) is 0 Å². The van der Waals surface area contributed by atoms with Crippen LogP contribution in [0.4, 0.5) is 27.6 Å². The van der Waals surface area contributed by atoms with E-state index in [2.05, 4.69) is 9.97 Å². The number of nitrogens with zero attached hydrogens (tertiary/aromatic N) is 3. The first kappa shape index (κ1) is 24.5. The standard InChI is InChI=1S/C22H18F5N5O2S/c1-11-7-15-19(28)20(32(21(15)30-9-11)13-3-5-16(23)17(24)8-13)18-6-4-14(10-29-18)35(33,34)31-12(2)22(25,26)27/h3-10,12,31H,28H2,1-2H3/t12-/m0/s1. The molecule has 0 fully saturated rings. The zero-order valence-corrected chi connectivity index (χ0v) is 19.0. The van der Waals surface area contributed by atoms with Gasteiger partial charge in [-0.15, -0.1) is 0 Å². The quantitative estimate of drug-likeness (QED) is 0.385. The summed E-state index contributed by atoms with van der Waals surface area (Å²) in [5.74, 6) is -2.17. The Morgan fingerprint density at radius 2 is 1.74 bits per heavy atom. The molecule has 0 saturated carbocycles. The number of nitrogen functional groups attached to an aromatic ring is 1. The van der Waals surface area contributed by atoms with Crippen molar-refractivity contribution in [3.63, 3.8) is 0 Å². The number of fused-ring (bicyclic) bond motifs is 1. The van der Waals surface area contributed by atoms with Crippen molar-refractivity contribution in [2.24, 2.45) is 0 Å². The second-order valence-corrected chi connectivity index (χ2v) is 9.56. The minimum Gasteiger partial charge on any atom is -0.396 e. The molecule has 35 heavy (non-hydrogen) atoms. The van der Waals surface area contributed by atoms with E-state index < -0.39 is 38.8 Å². The molecule has 0 aliphatic rings. The van der Waals surface area contributed by atoms with Crippen LogP contribution in [0.2, 0.25) is 0 Å². The van der Waals surface area contributed by atoms with E-state index in [1.165, 1.54) is 16.7 Å². The number of aryl methyl sites for hydroxylation is 1. The number of hydrogen-bond acceptors (Lipinski definition) is 5. The normalized spacial score (nSPS) is 13.3. The zero-order valence-electron chi connectivity index (χ0n) is 18.2. The molecular formula is C22H18F5N5O2S. The Morgan fingerprint density at radius 3 is 2.34 bits per heavy atom. The van der Waals surface area contributed by atoms with E-state index >= 15 is 0 Å². The van der Waals surface area contributed by atoms with Crippen molar-refractivity contribution in [2.75, 3.05) is 5.73 Å². The molecular weight excluding hydrogens is 493 g/mol. The largest absolute Gasteiger partial charge is 0.404 e. The number of hydrogen-bond donors (Lipinski definition) is 2. The highest BCUT2D eigenvalue weighted by Crippen LogP contribution is 2.37. The van der Waals surface area contributed by atoms with Crippen LogP contribution < -0.4 is 10.5 Å². The maximum Gasteiger partial charge on any atom is 0.404 e. The van der Waals surface area contributed by atoms with Gasteiger partial charge in [0.25, 0.3) is 0 Å². The van der Waals surface area contributed by atoms with Gasteiger partial charge in [0.1, 0.15) is 16.6 Å². The van der Waals surface area contributed by atoms with Gasteiger partial charge >= 0.3 is 6.18 Å². The number of aromatic nitrogens is 3. The second-order valence-electron chi connectivity index (χ2n) is 7.84. The third-order valence-electron chi connectivity index (χ3n) is 5.26. The summed E-state index contributed by atoms with van der Waals surface area (Å²) in [5.41, 5.74) is 8.16. The van der Waals surface area contributed by atoms with Crippen molar-refractivity contribution >= 4 is 26.7 Å². The van der Waals surface area contributed by atoms with E-state index in [0.717, 1.165) is 30.0 Å². The van der Waals surface area contributed by atoms with Crippen LogP contribution >= 0.6 is 0 Å². The Bertz CT molecular complexity index is 1530. The predicted molar refractivity (Wildman–Crippen MR) is 119 cm³/mol. The van der Waals surface area contributed by atoms with Crippen LogP contribution in [0.1, 0.15) is 12.5 Å². The summed E-state index contributed by atoms with van der Waals surface area (Å²) < 4.78 is 93.7. The fourth-order valence-electron chi connectivity index (χ4n) is 3.47. The number of nitrogens with one attached hydrogen (secondary N) is 1. The van der Waals surface area contributed by atoms with Gasteiger partial charge in [-0.05, 0) is 49.7 Å². The van der Waals surface area contributed by atoms with Crippen LogP contribution in [0.3, 0.4) is 0 Å². The zero-order chi connectivity index (χ0) is 25.7. The molecule has 0 radical (unpaired) electrons. The molecule has 0 aliphatic carbocycles. The maximum atomic E-state index is 14.0. The molecule has 0 unspecified atom stereocenters. The Kier molecular flexibility index (Phi) is 6.01. The number of pyridine rings is 2. The summed E-state index contributed by atoms with van der Waals surface area (Å²) in [4.78, 5) is 7.95. The van der Waals surface area contributed by atoms with Crippen LogP contribution in [-0.2, 0) is 10.0 Å². The summed E-state index contributed by atoms with van der Waals surface area (Å²) in [6, 6.07) is 4.93. The molecule has 3 aromatic heterocycles. The smallest absolute Gasteiger partial charge is 0.396 e.